The summed E-state index contributed by atoms with van der Waals surface area (Å²) in [5, 5.41) is 7.96. The number of anilines is 2. The quantitative estimate of drug-likeness (QED) is 0.482. The molecule has 0 bridgehead atoms. The Bertz CT molecular complexity index is 1040. The third-order valence-electron chi connectivity index (χ3n) is 4.06. The molecule has 0 saturated heterocycles. The van der Waals surface area contributed by atoms with Crippen molar-refractivity contribution in [3.05, 3.63) is 47.0 Å². The Morgan fingerprint density at radius 1 is 1.22 bits per heavy atom. The fourth-order valence-electron chi connectivity index (χ4n) is 2.73. The van der Waals surface area contributed by atoms with Gasteiger partial charge in [-0.3, -0.25) is 10.2 Å². The van der Waals surface area contributed by atoms with Gasteiger partial charge >= 0.3 is 0 Å². The molecular formula is C20H22N4O2S. The Labute approximate surface area is 162 Å². The number of thiazole rings is 1. The number of hydrogen-bond acceptors (Lipinski definition) is 6. The Kier molecular flexibility index (Phi) is 5.41. The van der Waals surface area contributed by atoms with Crippen molar-refractivity contribution >= 4 is 44.0 Å². The van der Waals surface area contributed by atoms with E-state index < -0.39 is 0 Å². The summed E-state index contributed by atoms with van der Waals surface area (Å²) in [4.78, 5) is 17.3. The molecule has 27 heavy (non-hydrogen) atoms. The lowest BCUT2D eigenvalue weighted by Gasteiger charge is -2.12. The van der Waals surface area contributed by atoms with Gasteiger partial charge in [0.2, 0.25) is 5.13 Å². The van der Waals surface area contributed by atoms with Gasteiger partial charge < -0.3 is 10.1 Å². The summed E-state index contributed by atoms with van der Waals surface area (Å²) >= 11 is 1.52. The van der Waals surface area contributed by atoms with Gasteiger partial charge in [0.15, 0.2) is 0 Å². The Morgan fingerprint density at radius 3 is 2.70 bits per heavy atom. The highest BCUT2D eigenvalue weighted by Gasteiger charge is 2.15. The van der Waals surface area contributed by atoms with Crippen LogP contribution < -0.4 is 15.5 Å². The lowest BCUT2D eigenvalue weighted by Crippen LogP contribution is -2.14. The van der Waals surface area contributed by atoms with E-state index in [9.17, 15) is 4.79 Å². The zero-order valence-electron chi connectivity index (χ0n) is 16.0. The van der Waals surface area contributed by atoms with E-state index in [1.807, 2.05) is 39.8 Å². The average Bonchev–Trinajstić information content (AvgIpc) is 3.06. The number of fused-ring (bicyclic) bond motifs is 1. The SMILES string of the molecule is COc1cccc(C(=O)Nc2c(C)cc3nc(NN=C(C)C)sc3c2C)c1. The van der Waals surface area contributed by atoms with Crippen molar-refractivity contribution in [3.8, 4) is 5.75 Å². The van der Waals surface area contributed by atoms with Crippen LogP contribution in [-0.2, 0) is 0 Å². The Hall–Kier alpha value is -2.93. The zero-order chi connectivity index (χ0) is 19.6. The van der Waals surface area contributed by atoms with Crippen molar-refractivity contribution in [1.82, 2.24) is 4.98 Å². The first-order chi connectivity index (χ1) is 12.9. The zero-order valence-corrected chi connectivity index (χ0v) is 16.8. The fraction of sp³-hybridized carbons (Fsp3) is 0.250. The fourth-order valence-corrected chi connectivity index (χ4v) is 3.63. The third kappa shape index (κ3) is 4.09. The number of methoxy groups -OCH3 is 1. The minimum Gasteiger partial charge on any atom is -0.497 e. The molecule has 2 aromatic carbocycles. The van der Waals surface area contributed by atoms with Crippen LogP contribution in [0.15, 0.2) is 35.4 Å². The van der Waals surface area contributed by atoms with Crippen molar-refractivity contribution in [3.63, 3.8) is 0 Å². The van der Waals surface area contributed by atoms with Gasteiger partial charge in [0.25, 0.3) is 5.91 Å². The summed E-state index contributed by atoms with van der Waals surface area (Å²) in [6.07, 6.45) is 0. The van der Waals surface area contributed by atoms with Gasteiger partial charge in [-0.15, -0.1) is 0 Å². The molecule has 0 radical (unpaired) electrons. The van der Waals surface area contributed by atoms with Crippen LogP contribution >= 0.6 is 11.3 Å². The predicted octanol–water partition coefficient (Wildman–Crippen LogP) is 4.98. The number of nitrogens with zero attached hydrogens (tertiary/aromatic N) is 2. The van der Waals surface area contributed by atoms with Crippen molar-refractivity contribution in [2.45, 2.75) is 27.7 Å². The minimum absolute atomic E-state index is 0.173. The van der Waals surface area contributed by atoms with Crippen molar-refractivity contribution in [2.24, 2.45) is 5.10 Å². The molecule has 0 saturated carbocycles. The number of hydrogen-bond donors (Lipinski definition) is 2. The Morgan fingerprint density at radius 2 is 2.00 bits per heavy atom. The second-order valence-corrected chi connectivity index (χ2v) is 7.42. The molecule has 0 aliphatic carbocycles. The van der Waals surface area contributed by atoms with Crippen LogP contribution in [0, 0.1) is 13.8 Å². The monoisotopic (exact) mass is 382 g/mol. The maximum atomic E-state index is 12.7. The summed E-state index contributed by atoms with van der Waals surface area (Å²) in [6, 6.07) is 9.08. The number of rotatable bonds is 5. The summed E-state index contributed by atoms with van der Waals surface area (Å²) in [7, 11) is 1.58. The van der Waals surface area contributed by atoms with E-state index in [-0.39, 0.29) is 5.91 Å². The minimum atomic E-state index is -0.173. The molecule has 140 valence electrons. The van der Waals surface area contributed by atoms with E-state index in [1.165, 1.54) is 11.3 Å². The number of aromatic nitrogens is 1. The molecule has 0 aliphatic rings. The molecule has 1 heterocycles. The van der Waals surface area contributed by atoms with E-state index in [4.69, 9.17) is 4.74 Å². The molecule has 1 amide bonds. The smallest absolute Gasteiger partial charge is 0.255 e. The highest BCUT2D eigenvalue weighted by atomic mass is 32.1. The Balaban J connectivity index is 1.94. The van der Waals surface area contributed by atoms with E-state index in [0.717, 1.165) is 37.9 Å². The molecule has 7 heteroatoms. The number of aryl methyl sites for hydroxylation is 2. The topological polar surface area (TPSA) is 75.6 Å². The van der Waals surface area contributed by atoms with Gasteiger partial charge in [-0.25, -0.2) is 4.98 Å². The lowest BCUT2D eigenvalue weighted by atomic mass is 10.1. The van der Waals surface area contributed by atoms with Gasteiger partial charge in [0.1, 0.15) is 5.75 Å². The van der Waals surface area contributed by atoms with E-state index in [2.05, 4.69) is 20.8 Å². The highest BCUT2D eigenvalue weighted by Crippen LogP contribution is 2.35. The second kappa shape index (κ2) is 7.75. The number of benzene rings is 2. The van der Waals surface area contributed by atoms with E-state index >= 15 is 0 Å². The first-order valence-corrected chi connectivity index (χ1v) is 9.33. The van der Waals surface area contributed by atoms with Crippen molar-refractivity contribution in [2.75, 3.05) is 17.9 Å². The van der Waals surface area contributed by atoms with E-state index in [1.54, 1.807) is 25.3 Å². The molecule has 3 aromatic rings. The van der Waals surface area contributed by atoms with Gasteiger partial charge in [-0.1, -0.05) is 17.4 Å². The van der Waals surface area contributed by atoms with Crippen LogP contribution in [0.25, 0.3) is 10.2 Å². The van der Waals surface area contributed by atoms with Crippen molar-refractivity contribution < 1.29 is 9.53 Å². The number of hydrazone groups is 1. The number of carbonyl (C=O) groups excluding carboxylic acids is 1. The van der Waals surface area contributed by atoms with Gasteiger partial charge in [-0.05, 0) is 63.1 Å². The van der Waals surface area contributed by atoms with Crippen LogP contribution in [0.5, 0.6) is 5.75 Å². The van der Waals surface area contributed by atoms with Crippen LogP contribution in [0.3, 0.4) is 0 Å². The molecule has 0 fully saturated rings. The van der Waals surface area contributed by atoms with Gasteiger partial charge in [-0.2, -0.15) is 5.10 Å². The van der Waals surface area contributed by atoms with Gasteiger partial charge in [0.05, 0.1) is 17.3 Å². The summed E-state index contributed by atoms with van der Waals surface area (Å²) < 4.78 is 6.22. The highest BCUT2D eigenvalue weighted by molar-refractivity contribution is 7.22. The second-order valence-electron chi connectivity index (χ2n) is 6.42. The first kappa shape index (κ1) is 18.8. The lowest BCUT2D eigenvalue weighted by molar-refractivity contribution is 0.102. The van der Waals surface area contributed by atoms with Gasteiger partial charge in [0, 0.05) is 17.0 Å². The maximum Gasteiger partial charge on any atom is 0.255 e. The van der Waals surface area contributed by atoms with Crippen LogP contribution in [-0.4, -0.2) is 23.7 Å². The molecule has 0 atom stereocenters. The molecule has 2 N–H and O–H groups in total. The molecular weight excluding hydrogens is 360 g/mol. The molecule has 0 aliphatic heterocycles. The number of carbonyl (C=O) groups is 1. The largest absolute Gasteiger partial charge is 0.497 e. The molecule has 0 spiro atoms. The maximum absolute atomic E-state index is 12.7. The predicted molar refractivity (Wildman–Crippen MR) is 112 cm³/mol. The average molecular weight is 382 g/mol. The van der Waals surface area contributed by atoms with E-state index in [0.29, 0.717) is 11.3 Å². The summed E-state index contributed by atoms with van der Waals surface area (Å²) in [6.45, 7) is 7.80. The van der Waals surface area contributed by atoms with Crippen molar-refractivity contribution in [1.29, 1.82) is 0 Å². The third-order valence-corrected chi connectivity index (χ3v) is 5.16. The molecule has 1 aromatic heterocycles. The first-order valence-electron chi connectivity index (χ1n) is 8.52. The number of nitrogens with one attached hydrogen (secondary N) is 2. The molecule has 6 nitrogen and oxygen atoms in total. The molecule has 3 rings (SSSR count). The standard InChI is InChI=1S/C20H22N4O2S/c1-11(2)23-24-20-21-16-9-12(3)17(13(4)18(16)27-20)22-19(25)14-7-6-8-15(10-14)26-5/h6-10H,1-5H3,(H,21,24)(H,22,25). The van der Waals surface area contributed by atoms with Crippen LogP contribution in [0.2, 0.25) is 0 Å². The number of ether oxygens (including phenoxy) is 1. The summed E-state index contributed by atoms with van der Waals surface area (Å²) in [5.74, 6) is 0.477. The molecule has 0 unspecified atom stereocenters. The van der Waals surface area contributed by atoms with Crippen LogP contribution in [0.4, 0.5) is 10.8 Å². The summed E-state index contributed by atoms with van der Waals surface area (Å²) in [5.41, 5.74) is 8.09. The van der Waals surface area contributed by atoms with Crippen LogP contribution in [0.1, 0.15) is 35.3 Å². The number of amides is 1. The normalized spacial score (nSPS) is 10.6.